The van der Waals surface area contributed by atoms with Crippen molar-refractivity contribution in [1.82, 2.24) is 9.13 Å². The Labute approximate surface area is 334 Å². The van der Waals surface area contributed by atoms with E-state index in [-0.39, 0.29) is 0 Å². The number of allylic oxidation sites excluding steroid dienone is 4. The molecule has 0 unspecified atom stereocenters. The fourth-order valence-corrected chi connectivity index (χ4v) is 10.4. The van der Waals surface area contributed by atoms with Crippen LogP contribution in [0, 0.1) is 0 Å². The van der Waals surface area contributed by atoms with E-state index in [1.165, 1.54) is 109 Å². The van der Waals surface area contributed by atoms with E-state index < -0.39 is 0 Å². The van der Waals surface area contributed by atoms with E-state index >= 15 is 0 Å². The standard InChI is InChI=1S/C54H36N2S/c1-4-14-35(15-5-1)39-28-40(36-16-6-2-7-17-36)30-42(29-39)56-49-22-12-10-20-43(49)45-31-37(24-26-50(45)56)38-25-27-51-46(32-38)47-33-48-44-21-11-13-23-53(44)57-54(48)34-52(47)55(51)41-18-8-3-9-19-41/h1,3-6,8-34H,2,7H2. The fourth-order valence-electron chi connectivity index (χ4n) is 9.24. The molecule has 2 nitrogen and oxygen atoms in total. The first-order valence-electron chi connectivity index (χ1n) is 19.8. The first-order chi connectivity index (χ1) is 28.2. The zero-order valence-electron chi connectivity index (χ0n) is 31.2. The summed E-state index contributed by atoms with van der Waals surface area (Å²) in [7, 11) is 0. The van der Waals surface area contributed by atoms with Gasteiger partial charge >= 0.3 is 0 Å². The summed E-state index contributed by atoms with van der Waals surface area (Å²) in [5.41, 5.74) is 14.6. The predicted molar refractivity (Wildman–Crippen MR) is 245 cm³/mol. The van der Waals surface area contributed by atoms with Crippen LogP contribution < -0.4 is 0 Å². The van der Waals surface area contributed by atoms with Gasteiger partial charge in [-0.3, -0.25) is 0 Å². The molecule has 1 aliphatic rings. The number of thiophene rings is 1. The fraction of sp³-hybridized carbons (Fsp3) is 0.0370. The molecule has 0 spiro atoms. The van der Waals surface area contributed by atoms with Crippen molar-refractivity contribution in [3.8, 4) is 33.6 Å². The van der Waals surface area contributed by atoms with Gasteiger partial charge < -0.3 is 9.13 Å². The van der Waals surface area contributed by atoms with Crippen LogP contribution in [0.2, 0.25) is 0 Å². The third-order valence-corrected chi connectivity index (χ3v) is 13.0. The Morgan fingerprint density at radius 2 is 0.982 bits per heavy atom. The molecule has 0 radical (unpaired) electrons. The summed E-state index contributed by atoms with van der Waals surface area (Å²) in [5, 5.41) is 7.71. The second-order valence-corrected chi connectivity index (χ2v) is 16.3. The van der Waals surface area contributed by atoms with Crippen LogP contribution >= 0.6 is 11.3 Å². The third-order valence-electron chi connectivity index (χ3n) is 11.9. The Morgan fingerprint density at radius 1 is 0.351 bits per heavy atom. The molecule has 0 atom stereocenters. The van der Waals surface area contributed by atoms with Gasteiger partial charge in [-0.1, -0.05) is 115 Å². The van der Waals surface area contributed by atoms with E-state index in [9.17, 15) is 0 Å². The van der Waals surface area contributed by atoms with Crippen LogP contribution in [0.4, 0.5) is 0 Å². The van der Waals surface area contributed by atoms with E-state index in [0.29, 0.717) is 0 Å². The zero-order chi connectivity index (χ0) is 37.5. The van der Waals surface area contributed by atoms with Gasteiger partial charge in [0.05, 0.1) is 22.1 Å². The van der Waals surface area contributed by atoms with Gasteiger partial charge in [0.2, 0.25) is 0 Å². The summed E-state index contributed by atoms with van der Waals surface area (Å²) in [6, 6.07) is 65.3. The number of para-hydroxylation sites is 2. The lowest BCUT2D eigenvalue weighted by atomic mass is 9.95. The van der Waals surface area contributed by atoms with Crippen molar-refractivity contribution in [2.75, 3.05) is 0 Å². The molecule has 8 aromatic carbocycles. The van der Waals surface area contributed by atoms with Gasteiger partial charge in [-0.15, -0.1) is 11.3 Å². The van der Waals surface area contributed by atoms with Gasteiger partial charge in [0.15, 0.2) is 0 Å². The van der Waals surface area contributed by atoms with Gasteiger partial charge in [0.25, 0.3) is 0 Å². The van der Waals surface area contributed by atoms with Crippen LogP contribution in [0.25, 0.3) is 103 Å². The molecular weight excluding hydrogens is 709 g/mol. The van der Waals surface area contributed by atoms with Gasteiger partial charge in [-0.25, -0.2) is 0 Å². The number of aromatic nitrogens is 2. The highest BCUT2D eigenvalue weighted by Gasteiger charge is 2.19. The maximum Gasteiger partial charge on any atom is 0.0555 e. The van der Waals surface area contributed by atoms with Crippen molar-refractivity contribution in [2.45, 2.75) is 12.8 Å². The molecule has 0 aliphatic heterocycles. The summed E-state index contributed by atoms with van der Waals surface area (Å²) < 4.78 is 7.55. The lowest BCUT2D eigenvalue weighted by molar-refractivity contribution is 1.04. The largest absolute Gasteiger partial charge is 0.309 e. The van der Waals surface area contributed by atoms with Gasteiger partial charge in [0.1, 0.15) is 0 Å². The first kappa shape index (κ1) is 32.3. The van der Waals surface area contributed by atoms with Crippen LogP contribution in [0.15, 0.2) is 194 Å². The number of benzene rings is 8. The molecule has 3 heteroatoms. The van der Waals surface area contributed by atoms with E-state index in [4.69, 9.17) is 0 Å². The summed E-state index contributed by atoms with van der Waals surface area (Å²) in [5.74, 6) is 0. The minimum Gasteiger partial charge on any atom is -0.309 e. The van der Waals surface area contributed by atoms with Crippen LogP contribution in [0.3, 0.4) is 0 Å². The van der Waals surface area contributed by atoms with Crippen LogP contribution in [0.1, 0.15) is 18.4 Å². The molecule has 1 aliphatic carbocycles. The molecule has 0 N–H and O–H groups in total. The molecule has 3 heterocycles. The average Bonchev–Trinajstić information content (AvgIpc) is 3.93. The molecule has 0 bridgehead atoms. The zero-order valence-corrected chi connectivity index (χ0v) is 32.0. The minimum absolute atomic E-state index is 1.07. The monoisotopic (exact) mass is 744 g/mol. The highest BCUT2D eigenvalue weighted by atomic mass is 32.1. The van der Waals surface area contributed by atoms with Crippen molar-refractivity contribution in [1.29, 1.82) is 0 Å². The highest BCUT2D eigenvalue weighted by Crippen LogP contribution is 2.43. The predicted octanol–water partition coefficient (Wildman–Crippen LogP) is 15.3. The topological polar surface area (TPSA) is 9.86 Å². The molecular formula is C54H36N2S. The Hall–Kier alpha value is -6.94. The van der Waals surface area contributed by atoms with Crippen molar-refractivity contribution >= 4 is 80.7 Å². The van der Waals surface area contributed by atoms with E-state index in [0.717, 1.165) is 12.8 Å². The number of rotatable bonds is 5. The van der Waals surface area contributed by atoms with Crippen molar-refractivity contribution < 1.29 is 0 Å². The number of fused-ring (bicyclic) bond motifs is 9. The molecule has 0 saturated heterocycles. The molecule has 12 rings (SSSR count). The van der Waals surface area contributed by atoms with E-state index in [1.54, 1.807) is 0 Å². The molecule has 3 aromatic heterocycles. The van der Waals surface area contributed by atoms with Crippen LogP contribution in [-0.2, 0) is 0 Å². The number of hydrogen-bond donors (Lipinski definition) is 0. The summed E-state index contributed by atoms with van der Waals surface area (Å²) in [6.07, 6.45) is 9.14. The Balaban J connectivity index is 1.06. The first-order valence-corrected chi connectivity index (χ1v) is 20.6. The minimum atomic E-state index is 1.07. The Morgan fingerprint density at radius 3 is 1.75 bits per heavy atom. The molecule has 0 saturated carbocycles. The summed E-state index contributed by atoms with van der Waals surface area (Å²) >= 11 is 1.88. The molecule has 11 aromatic rings. The Bertz CT molecular complexity index is 3450. The lowest BCUT2D eigenvalue weighted by Crippen LogP contribution is -1.97. The van der Waals surface area contributed by atoms with Gasteiger partial charge in [0, 0.05) is 53.1 Å². The highest BCUT2D eigenvalue weighted by molar-refractivity contribution is 7.25. The third kappa shape index (κ3) is 5.16. The average molecular weight is 745 g/mol. The summed E-state index contributed by atoms with van der Waals surface area (Å²) in [6.45, 7) is 0. The Kier molecular flexibility index (Phi) is 7.26. The van der Waals surface area contributed by atoms with Crippen LogP contribution in [-0.4, -0.2) is 9.13 Å². The van der Waals surface area contributed by atoms with Gasteiger partial charge in [-0.2, -0.15) is 0 Å². The normalized spacial score (nSPS) is 13.2. The molecule has 0 fully saturated rings. The van der Waals surface area contributed by atoms with E-state index in [2.05, 4.69) is 203 Å². The molecule has 268 valence electrons. The molecule has 57 heavy (non-hydrogen) atoms. The van der Waals surface area contributed by atoms with Crippen molar-refractivity contribution in [3.63, 3.8) is 0 Å². The van der Waals surface area contributed by atoms with E-state index in [1.807, 2.05) is 11.3 Å². The van der Waals surface area contributed by atoms with Gasteiger partial charge in [-0.05, 0) is 125 Å². The quantitative estimate of drug-likeness (QED) is 0.166. The maximum atomic E-state index is 2.46. The number of hydrogen-bond acceptors (Lipinski definition) is 1. The smallest absolute Gasteiger partial charge is 0.0555 e. The number of nitrogens with zero attached hydrogens (tertiary/aromatic N) is 2. The van der Waals surface area contributed by atoms with Crippen molar-refractivity contribution in [3.05, 3.63) is 200 Å². The SMILES string of the molecule is C1=CC(c2cc(-c3ccccc3)cc(-n3c4ccccc4c4cc(-c5ccc6c(c5)c5cc7c(cc5n6-c5ccccc5)sc5ccccc57)ccc43)c2)=CCC1. The summed E-state index contributed by atoms with van der Waals surface area (Å²) in [4.78, 5) is 0. The molecule has 0 amide bonds. The maximum absolute atomic E-state index is 2.46. The second kappa shape index (κ2) is 12.8. The second-order valence-electron chi connectivity index (χ2n) is 15.2. The van der Waals surface area contributed by atoms with Crippen LogP contribution in [0.5, 0.6) is 0 Å². The van der Waals surface area contributed by atoms with Crippen molar-refractivity contribution in [2.24, 2.45) is 0 Å². The lowest BCUT2D eigenvalue weighted by Gasteiger charge is -2.15.